The highest BCUT2D eigenvalue weighted by Gasteiger charge is 2.13. The maximum atomic E-state index is 12.4. The van der Waals surface area contributed by atoms with Gasteiger partial charge in [-0.25, -0.2) is 4.79 Å². The molecule has 178 valence electrons. The fourth-order valence-electron chi connectivity index (χ4n) is 3.49. The maximum Gasteiger partial charge on any atom is 0.419 e. The molecule has 0 fully saturated rings. The van der Waals surface area contributed by atoms with Crippen LogP contribution in [0.25, 0.3) is 22.5 Å². The first kappa shape index (κ1) is 23.2. The molecule has 2 heterocycles. The highest BCUT2D eigenvalue weighted by atomic mass is 16.5. The number of hydrogen-bond acceptors (Lipinski definition) is 8. The van der Waals surface area contributed by atoms with Gasteiger partial charge < -0.3 is 23.9 Å². The van der Waals surface area contributed by atoms with Gasteiger partial charge >= 0.3 is 5.76 Å². The lowest BCUT2D eigenvalue weighted by Crippen LogP contribution is -2.23. The molecule has 4 rings (SSSR count). The fourth-order valence-corrected chi connectivity index (χ4v) is 3.49. The van der Waals surface area contributed by atoms with Crippen molar-refractivity contribution in [2.45, 2.75) is 25.8 Å². The molecule has 2 aromatic carbocycles. The SMILES string of the molecule is COc1ccc(-c2noc(CCCC(=O)Nc3ccc4oc(=O)n(CCN(C)C)c4c3)n2)cc1. The Hall–Kier alpha value is -3.92. The molecule has 4 aromatic rings. The van der Waals surface area contributed by atoms with Crippen LogP contribution in [-0.2, 0) is 17.8 Å². The van der Waals surface area contributed by atoms with Crippen LogP contribution >= 0.6 is 0 Å². The molecule has 0 radical (unpaired) electrons. The van der Waals surface area contributed by atoms with E-state index in [1.165, 1.54) is 0 Å². The van der Waals surface area contributed by atoms with E-state index < -0.39 is 5.76 Å². The van der Waals surface area contributed by atoms with Crippen LogP contribution in [0.3, 0.4) is 0 Å². The third-order valence-corrected chi connectivity index (χ3v) is 5.33. The van der Waals surface area contributed by atoms with Gasteiger partial charge in [0, 0.05) is 37.2 Å². The monoisotopic (exact) mass is 465 g/mol. The van der Waals surface area contributed by atoms with Gasteiger partial charge in [-0.2, -0.15) is 4.98 Å². The third kappa shape index (κ3) is 5.52. The molecule has 1 amide bonds. The number of aromatic nitrogens is 3. The minimum absolute atomic E-state index is 0.139. The van der Waals surface area contributed by atoms with Crippen LogP contribution in [-0.4, -0.2) is 53.3 Å². The highest BCUT2D eigenvalue weighted by molar-refractivity contribution is 5.92. The standard InChI is InChI=1S/C24H27N5O5/c1-28(2)13-14-29-19-15-17(9-12-20(19)33-24(29)31)25-21(30)5-4-6-22-26-23(27-34-22)16-7-10-18(32-3)11-8-16/h7-12,15H,4-6,13-14H2,1-3H3,(H,25,30). The van der Waals surface area contributed by atoms with Crippen LogP contribution in [0.4, 0.5) is 5.69 Å². The van der Waals surface area contributed by atoms with Crippen LogP contribution in [0.5, 0.6) is 5.75 Å². The summed E-state index contributed by atoms with van der Waals surface area (Å²) in [4.78, 5) is 31.0. The lowest BCUT2D eigenvalue weighted by atomic mass is 10.2. The van der Waals surface area contributed by atoms with Crippen molar-refractivity contribution < 1.29 is 18.5 Å². The summed E-state index contributed by atoms with van der Waals surface area (Å²) in [6.07, 6.45) is 1.33. The number of oxazole rings is 1. The van der Waals surface area contributed by atoms with Crippen molar-refractivity contribution in [2.75, 3.05) is 33.1 Å². The van der Waals surface area contributed by atoms with Crippen LogP contribution in [0.2, 0.25) is 0 Å². The number of methoxy groups -OCH3 is 1. The van der Waals surface area contributed by atoms with Crippen molar-refractivity contribution >= 4 is 22.7 Å². The zero-order chi connectivity index (χ0) is 24.1. The molecule has 0 aliphatic carbocycles. The van der Waals surface area contributed by atoms with E-state index in [1.54, 1.807) is 29.9 Å². The number of likely N-dealkylation sites (N-methyl/N-ethyl adjacent to an activating group) is 1. The Morgan fingerprint density at radius 1 is 1.18 bits per heavy atom. The molecule has 0 atom stereocenters. The van der Waals surface area contributed by atoms with E-state index >= 15 is 0 Å². The van der Waals surface area contributed by atoms with Crippen molar-refractivity contribution in [3.63, 3.8) is 0 Å². The van der Waals surface area contributed by atoms with E-state index in [4.69, 9.17) is 13.7 Å². The van der Waals surface area contributed by atoms with E-state index in [2.05, 4.69) is 15.5 Å². The average molecular weight is 466 g/mol. The van der Waals surface area contributed by atoms with E-state index in [9.17, 15) is 9.59 Å². The van der Waals surface area contributed by atoms with E-state index in [0.29, 0.717) is 54.4 Å². The lowest BCUT2D eigenvalue weighted by Gasteiger charge is -2.10. The number of nitrogens with one attached hydrogen (secondary N) is 1. The third-order valence-electron chi connectivity index (χ3n) is 5.33. The topological polar surface area (TPSA) is 116 Å². The van der Waals surface area contributed by atoms with Gasteiger partial charge in [-0.05, 0) is 63.0 Å². The predicted molar refractivity (Wildman–Crippen MR) is 127 cm³/mol. The summed E-state index contributed by atoms with van der Waals surface area (Å²) in [7, 11) is 5.48. The van der Waals surface area contributed by atoms with Gasteiger partial charge in [0.15, 0.2) is 5.58 Å². The Kier molecular flexibility index (Phi) is 7.07. The van der Waals surface area contributed by atoms with Crippen LogP contribution in [0, 0.1) is 0 Å². The molecule has 1 N–H and O–H groups in total. The largest absolute Gasteiger partial charge is 0.497 e. The number of aryl methyl sites for hydroxylation is 1. The Labute approximate surface area is 196 Å². The number of hydrogen-bond donors (Lipinski definition) is 1. The summed E-state index contributed by atoms with van der Waals surface area (Å²) in [6, 6.07) is 12.6. The van der Waals surface area contributed by atoms with Gasteiger partial charge in [0.1, 0.15) is 5.75 Å². The second kappa shape index (κ2) is 10.3. The molecule has 0 unspecified atom stereocenters. The summed E-state index contributed by atoms with van der Waals surface area (Å²) >= 11 is 0. The summed E-state index contributed by atoms with van der Waals surface area (Å²) in [5, 5.41) is 6.88. The molecule has 0 bridgehead atoms. The number of anilines is 1. The van der Waals surface area contributed by atoms with E-state index in [0.717, 1.165) is 11.3 Å². The molecule has 10 nitrogen and oxygen atoms in total. The first-order chi connectivity index (χ1) is 16.4. The second-order valence-corrected chi connectivity index (χ2v) is 8.15. The van der Waals surface area contributed by atoms with Gasteiger partial charge in [-0.1, -0.05) is 5.16 Å². The number of carbonyl (C=O) groups excluding carboxylic acids is 1. The van der Waals surface area contributed by atoms with Gasteiger partial charge in [0.25, 0.3) is 0 Å². The van der Waals surface area contributed by atoms with Crippen molar-refractivity contribution in [3.05, 3.63) is 58.9 Å². The highest BCUT2D eigenvalue weighted by Crippen LogP contribution is 2.21. The van der Waals surface area contributed by atoms with Crippen LogP contribution in [0.15, 0.2) is 56.2 Å². The molecule has 0 spiro atoms. The molecule has 10 heteroatoms. The molecule has 0 aliphatic heterocycles. The number of nitrogens with zero attached hydrogens (tertiary/aromatic N) is 4. The zero-order valence-corrected chi connectivity index (χ0v) is 19.4. The normalized spacial score (nSPS) is 11.3. The smallest absolute Gasteiger partial charge is 0.419 e. The number of carbonyl (C=O) groups is 1. The molecule has 0 saturated carbocycles. The quantitative estimate of drug-likeness (QED) is 0.380. The summed E-state index contributed by atoms with van der Waals surface area (Å²) in [5.41, 5.74) is 2.58. The van der Waals surface area contributed by atoms with E-state index in [-0.39, 0.29) is 12.3 Å². The Bertz CT molecular complexity index is 1320. The van der Waals surface area contributed by atoms with Crippen molar-refractivity contribution in [2.24, 2.45) is 0 Å². The van der Waals surface area contributed by atoms with Crippen LogP contribution in [0.1, 0.15) is 18.7 Å². The van der Waals surface area contributed by atoms with Crippen molar-refractivity contribution in [3.8, 4) is 17.1 Å². The molecule has 2 aromatic heterocycles. The van der Waals surface area contributed by atoms with Crippen molar-refractivity contribution in [1.82, 2.24) is 19.6 Å². The Balaban J connectivity index is 1.32. The van der Waals surface area contributed by atoms with Crippen LogP contribution < -0.4 is 15.8 Å². The first-order valence-corrected chi connectivity index (χ1v) is 11.0. The number of fused-ring (bicyclic) bond motifs is 1. The molecular weight excluding hydrogens is 438 g/mol. The summed E-state index contributed by atoms with van der Waals surface area (Å²) < 4.78 is 17.3. The fraction of sp³-hybridized carbons (Fsp3) is 0.333. The summed E-state index contributed by atoms with van der Waals surface area (Å²) in [6.45, 7) is 1.19. The minimum atomic E-state index is -0.408. The Morgan fingerprint density at radius 2 is 1.97 bits per heavy atom. The molecular formula is C24H27N5O5. The lowest BCUT2D eigenvalue weighted by molar-refractivity contribution is -0.116. The van der Waals surface area contributed by atoms with Gasteiger partial charge in [0.2, 0.25) is 17.6 Å². The van der Waals surface area contributed by atoms with Gasteiger partial charge in [-0.15, -0.1) is 0 Å². The minimum Gasteiger partial charge on any atom is -0.497 e. The van der Waals surface area contributed by atoms with Gasteiger partial charge in [0.05, 0.1) is 12.6 Å². The number of rotatable bonds is 10. The molecule has 34 heavy (non-hydrogen) atoms. The number of ether oxygens (including phenoxy) is 1. The van der Waals surface area contributed by atoms with E-state index in [1.807, 2.05) is 43.3 Å². The van der Waals surface area contributed by atoms with Gasteiger partial charge in [-0.3, -0.25) is 9.36 Å². The number of benzene rings is 2. The zero-order valence-electron chi connectivity index (χ0n) is 19.4. The Morgan fingerprint density at radius 3 is 2.71 bits per heavy atom. The summed E-state index contributed by atoms with van der Waals surface area (Å²) in [5.74, 6) is 1.18. The molecule has 0 saturated heterocycles. The number of amides is 1. The first-order valence-electron chi connectivity index (χ1n) is 11.0. The predicted octanol–water partition coefficient (Wildman–Crippen LogP) is 3.18. The maximum absolute atomic E-state index is 12.4. The second-order valence-electron chi connectivity index (χ2n) is 8.15. The van der Waals surface area contributed by atoms with Crippen molar-refractivity contribution in [1.29, 1.82) is 0 Å². The average Bonchev–Trinajstić information content (AvgIpc) is 3.41. The molecule has 0 aliphatic rings.